The van der Waals surface area contributed by atoms with Crippen LogP contribution < -0.4 is 0 Å². The van der Waals surface area contributed by atoms with Gasteiger partial charge in [-0.05, 0) is 49.9 Å². The number of rotatable bonds is 8. The van der Waals surface area contributed by atoms with Gasteiger partial charge in [0.05, 0.1) is 11.2 Å². The van der Waals surface area contributed by atoms with E-state index in [9.17, 15) is 10.2 Å². The number of benzene rings is 4. The molecular weight excluding hydrogens is 440 g/mol. The topological polar surface area (TPSA) is 40.5 Å². The van der Waals surface area contributed by atoms with Crippen LogP contribution in [0.25, 0.3) is 0 Å². The van der Waals surface area contributed by atoms with Gasteiger partial charge >= 0.3 is 0 Å². The summed E-state index contributed by atoms with van der Waals surface area (Å²) in [7, 11) is 0. The minimum atomic E-state index is -1.15. The molecular formula is C34H36O2. The van der Waals surface area contributed by atoms with Gasteiger partial charge in [-0.2, -0.15) is 0 Å². The molecule has 36 heavy (non-hydrogen) atoms. The largest absolute Gasteiger partial charge is 0.384 e. The molecule has 0 saturated heterocycles. The maximum Gasteiger partial charge on any atom is 0.0971 e. The van der Waals surface area contributed by atoms with Gasteiger partial charge in [-0.1, -0.05) is 132 Å². The van der Waals surface area contributed by atoms with Gasteiger partial charge < -0.3 is 10.2 Å². The molecule has 0 heterocycles. The van der Waals surface area contributed by atoms with Crippen LogP contribution in [0, 0.1) is 13.8 Å². The lowest BCUT2D eigenvalue weighted by molar-refractivity contribution is 0.0360. The van der Waals surface area contributed by atoms with Crippen molar-refractivity contribution < 1.29 is 10.2 Å². The maximum atomic E-state index is 11.9. The quantitative estimate of drug-likeness (QED) is 0.258. The van der Waals surface area contributed by atoms with Crippen LogP contribution in [0.3, 0.4) is 0 Å². The van der Waals surface area contributed by atoms with Gasteiger partial charge in [-0.25, -0.2) is 0 Å². The average molecular weight is 477 g/mol. The highest BCUT2D eigenvalue weighted by molar-refractivity contribution is 5.39. The summed E-state index contributed by atoms with van der Waals surface area (Å²) in [6, 6.07) is 36.3. The number of aliphatic hydroxyl groups is 2. The van der Waals surface area contributed by atoms with Crippen LogP contribution in [0.15, 0.2) is 121 Å². The third kappa shape index (κ3) is 5.51. The van der Waals surface area contributed by atoms with Gasteiger partial charge in [0.25, 0.3) is 0 Å². The highest BCUT2D eigenvalue weighted by atomic mass is 16.3. The van der Waals surface area contributed by atoms with E-state index in [1.165, 1.54) is 0 Å². The zero-order chi connectivity index (χ0) is 25.8. The SMILES string of the molecule is Cc1cccc([C@](C)(O)[C@H](/C=C\[C@@H](c2ccccc2)[C@](C)(O)c2cccc(C)c2)c2ccccc2)c1. The van der Waals surface area contributed by atoms with Crippen molar-refractivity contribution in [2.24, 2.45) is 0 Å². The van der Waals surface area contributed by atoms with E-state index < -0.39 is 11.2 Å². The van der Waals surface area contributed by atoms with E-state index in [0.29, 0.717) is 0 Å². The van der Waals surface area contributed by atoms with Gasteiger partial charge in [0.2, 0.25) is 0 Å². The van der Waals surface area contributed by atoms with Crippen molar-refractivity contribution in [1.29, 1.82) is 0 Å². The second-order valence-corrected chi connectivity index (χ2v) is 10.2. The summed E-state index contributed by atoms with van der Waals surface area (Å²) in [5.74, 6) is -0.639. The lowest BCUT2D eigenvalue weighted by Gasteiger charge is -2.35. The summed E-state index contributed by atoms with van der Waals surface area (Å²) < 4.78 is 0. The Hall–Kier alpha value is -3.46. The molecule has 0 fully saturated rings. The summed E-state index contributed by atoms with van der Waals surface area (Å²) in [4.78, 5) is 0. The molecule has 4 atom stereocenters. The van der Waals surface area contributed by atoms with Gasteiger partial charge in [0.15, 0.2) is 0 Å². The first kappa shape index (κ1) is 25.6. The number of hydrogen-bond donors (Lipinski definition) is 2. The Balaban J connectivity index is 1.83. The molecule has 0 unspecified atom stereocenters. The number of aryl methyl sites for hydroxylation is 2. The second-order valence-electron chi connectivity index (χ2n) is 10.2. The van der Waals surface area contributed by atoms with E-state index in [2.05, 4.69) is 36.4 Å². The molecule has 2 N–H and O–H groups in total. The fourth-order valence-corrected chi connectivity index (χ4v) is 5.07. The molecule has 2 nitrogen and oxygen atoms in total. The molecule has 0 radical (unpaired) electrons. The van der Waals surface area contributed by atoms with E-state index >= 15 is 0 Å². The first-order chi connectivity index (χ1) is 17.2. The Labute approximate surface area is 215 Å². The molecule has 0 aliphatic heterocycles. The van der Waals surface area contributed by atoms with Crippen molar-refractivity contribution in [2.75, 3.05) is 0 Å². The highest BCUT2D eigenvalue weighted by Gasteiger charge is 2.36. The molecule has 0 aliphatic rings. The van der Waals surface area contributed by atoms with E-state index in [4.69, 9.17) is 0 Å². The second kappa shape index (κ2) is 10.7. The minimum Gasteiger partial charge on any atom is -0.384 e. The van der Waals surface area contributed by atoms with Crippen molar-refractivity contribution in [1.82, 2.24) is 0 Å². The summed E-state index contributed by atoms with van der Waals surface area (Å²) in [5, 5.41) is 23.9. The summed E-state index contributed by atoms with van der Waals surface area (Å²) in [5.41, 5.74) is 3.66. The minimum absolute atomic E-state index is 0.319. The van der Waals surface area contributed by atoms with Crippen LogP contribution in [0.4, 0.5) is 0 Å². The Morgan fingerprint density at radius 3 is 1.22 bits per heavy atom. The Kier molecular flexibility index (Phi) is 7.59. The highest BCUT2D eigenvalue weighted by Crippen LogP contribution is 2.42. The Bertz CT molecular complexity index is 1200. The lowest BCUT2D eigenvalue weighted by Crippen LogP contribution is -2.31. The molecule has 4 aromatic rings. The monoisotopic (exact) mass is 476 g/mol. The Morgan fingerprint density at radius 1 is 0.528 bits per heavy atom. The molecule has 2 heteroatoms. The van der Waals surface area contributed by atoms with Crippen LogP contribution in [-0.4, -0.2) is 10.2 Å². The molecule has 4 rings (SSSR count). The predicted octanol–water partition coefficient (Wildman–Crippen LogP) is 7.54. The van der Waals surface area contributed by atoms with Crippen molar-refractivity contribution in [3.63, 3.8) is 0 Å². The standard InChI is InChI=1S/C34H36O2/c1-25-13-11-19-29(23-25)33(3,35)31(27-15-7-5-8-16-27)21-22-32(28-17-9-6-10-18-28)34(4,36)30-20-12-14-26(2)24-30/h5-24,31-32,35-36H,1-4H3/b22-21-/t31-,32+,33+,34-. The van der Waals surface area contributed by atoms with Gasteiger partial charge in [0, 0.05) is 11.8 Å². The van der Waals surface area contributed by atoms with Gasteiger partial charge in [0.1, 0.15) is 0 Å². The summed E-state index contributed by atoms with van der Waals surface area (Å²) >= 11 is 0. The normalized spacial score (nSPS) is 16.7. The number of hydrogen-bond acceptors (Lipinski definition) is 2. The Morgan fingerprint density at radius 2 is 0.889 bits per heavy atom. The van der Waals surface area contributed by atoms with Crippen LogP contribution in [-0.2, 0) is 11.2 Å². The van der Waals surface area contributed by atoms with E-state index in [-0.39, 0.29) is 11.8 Å². The van der Waals surface area contributed by atoms with Gasteiger partial charge in [-0.3, -0.25) is 0 Å². The predicted molar refractivity (Wildman–Crippen MR) is 149 cm³/mol. The van der Waals surface area contributed by atoms with Crippen molar-refractivity contribution in [3.05, 3.63) is 155 Å². The van der Waals surface area contributed by atoms with Crippen molar-refractivity contribution >= 4 is 0 Å². The molecule has 0 aliphatic carbocycles. The van der Waals surface area contributed by atoms with Crippen LogP contribution in [0.5, 0.6) is 0 Å². The first-order valence-corrected chi connectivity index (χ1v) is 12.6. The fourth-order valence-electron chi connectivity index (χ4n) is 5.07. The molecule has 0 bridgehead atoms. The first-order valence-electron chi connectivity index (χ1n) is 12.6. The zero-order valence-corrected chi connectivity index (χ0v) is 21.6. The molecule has 0 aromatic heterocycles. The van der Waals surface area contributed by atoms with E-state index in [1.54, 1.807) is 0 Å². The van der Waals surface area contributed by atoms with Crippen LogP contribution in [0.2, 0.25) is 0 Å². The van der Waals surface area contributed by atoms with Crippen molar-refractivity contribution in [3.8, 4) is 0 Å². The van der Waals surface area contributed by atoms with Crippen LogP contribution in [0.1, 0.15) is 59.1 Å². The molecule has 184 valence electrons. The van der Waals surface area contributed by atoms with Crippen LogP contribution >= 0.6 is 0 Å². The smallest absolute Gasteiger partial charge is 0.0971 e. The van der Waals surface area contributed by atoms with Gasteiger partial charge in [-0.15, -0.1) is 0 Å². The van der Waals surface area contributed by atoms with E-state index in [1.807, 2.05) is 113 Å². The average Bonchev–Trinajstić information content (AvgIpc) is 2.87. The summed E-state index contributed by atoms with van der Waals surface area (Å²) in [6.07, 6.45) is 4.14. The molecule has 0 spiro atoms. The molecule has 4 aromatic carbocycles. The third-order valence-electron chi connectivity index (χ3n) is 7.23. The lowest BCUT2D eigenvalue weighted by atomic mass is 9.74. The molecule has 0 amide bonds. The fraction of sp³-hybridized carbons (Fsp3) is 0.235. The third-order valence-corrected chi connectivity index (χ3v) is 7.23. The zero-order valence-electron chi connectivity index (χ0n) is 21.6. The van der Waals surface area contributed by atoms with E-state index in [0.717, 1.165) is 33.4 Å². The maximum absolute atomic E-state index is 11.9. The summed E-state index contributed by atoms with van der Waals surface area (Å²) in [6.45, 7) is 7.83. The van der Waals surface area contributed by atoms with Crippen molar-refractivity contribution in [2.45, 2.75) is 50.7 Å². The molecule has 0 saturated carbocycles.